The summed E-state index contributed by atoms with van der Waals surface area (Å²) >= 11 is 0. The van der Waals surface area contributed by atoms with Crippen molar-refractivity contribution in [3.63, 3.8) is 0 Å². The molecular formula is C28H42O2. The minimum Gasteiger partial charge on any atom is -0.303 e. The molecule has 0 saturated heterocycles. The normalized spacial score (nSPS) is 52.2. The molecule has 4 saturated carbocycles. The maximum atomic E-state index is 13.9. The van der Waals surface area contributed by atoms with Gasteiger partial charge in [-0.15, -0.1) is 0 Å². The van der Waals surface area contributed by atoms with Gasteiger partial charge in [-0.1, -0.05) is 53.0 Å². The van der Waals surface area contributed by atoms with E-state index < -0.39 is 0 Å². The monoisotopic (exact) mass is 410 g/mol. The summed E-state index contributed by atoms with van der Waals surface area (Å²) < 4.78 is 0. The molecule has 0 heterocycles. The van der Waals surface area contributed by atoms with Crippen LogP contribution in [0.3, 0.4) is 0 Å². The third-order valence-corrected chi connectivity index (χ3v) is 11.6. The molecule has 0 aromatic carbocycles. The van der Waals surface area contributed by atoms with Crippen molar-refractivity contribution in [2.24, 2.45) is 51.2 Å². The molecule has 2 heteroatoms. The van der Waals surface area contributed by atoms with Crippen LogP contribution < -0.4 is 0 Å². The fraction of sp³-hybridized carbons (Fsp3) is 0.857. The van der Waals surface area contributed by atoms with E-state index in [4.69, 9.17) is 0 Å². The Hall–Kier alpha value is -0.920. The molecule has 8 atom stereocenters. The Morgan fingerprint density at radius 1 is 0.833 bits per heavy atom. The first-order valence-electron chi connectivity index (χ1n) is 12.8. The average Bonchev–Trinajstić information content (AvgIpc) is 2.66. The Bertz CT molecular complexity index is 792. The van der Waals surface area contributed by atoms with Gasteiger partial charge in [-0.25, -0.2) is 0 Å². The lowest BCUT2D eigenvalue weighted by Crippen LogP contribution is -2.63. The summed E-state index contributed by atoms with van der Waals surface area (Å²) in [4.78, 5) is 25.8. The zero-order valence-corrected chi connectivity index (χ0v) is 19.9. The highest BCUT2D eigenvalue weighted by molar-refractivity contribution is 5.95. The van der Waals surface area contributed by atoms with Gasteiger partial charge in [-0.2, -0.15) is 0 Å². The third kappa shape index (κ3) is 2.54. The van der Waals surface area contributed by atoms with Crippen molar-refractivity contribution in [1.29, 1.82) is 0 Å². The summed E-state index contributed by atoms with van der Waals surface area (Å²) in [5, 5.41) is 0. The highest BCUT2D eigenvalue weighted by atomic mass is 16.1. The first kappa shape index (κ1) is 21.0. The fourth-order valence-electron chi connectivity index (χ4n) is 10.1. The van der Waals surface area contributed by atoms with Gasteiger partial charge in [0.15, 0.2) is 5.78 Å². The summed E-state index contributed by atoms with van der Waals surface area (Å²) in [5.74, 6) is 2.42. The smallest absolute Gasteiger partial charge is 0.159 e. The minimum absolute atomic E-state index is 0.00510. The van der Waals surface area contributed by atoms with Crippen molar-refractivity contribution in [3.05, 3.63) is 11.6 Å². The highest BCUT2D eigenvalue weighted by Gasteiger charge is 2.66. The number of aldehydes is 1. The molecule has 2 nitrogen and oxygen atoms in total. The van der Waals surface area contributed by atoms with Gasteiger partial charge in [0, 0.05) is 11.8 Å². The molecule has 166 valence electrons. The Balaban J connectivity index is 1.57. The first-order chi connectivity index (χ1) is 14.1. The van der Waals surface area contributed by atoms with Gasteiger partial charge in [0.1, 0.15) is 6.29 Å². The Morgan fingerprint density at radius 2 is 1.57 bits per heavy atom. The molecule has 8 unspecified atom stereocenters. The number of fused-ring (bicyclic) bond motifs is 7. The quantitative estimate of drug-likeness (QED) is 0.447. The number of rotatable bonds is 1. The van der Waals surface area contributed by atoms with E-state index >= 15 is 0 Å². The fourth-order valence-corrected chi connectivity index (χ4v) is 10.1. The molecule has 5 aliphatic carbocycles. The number of ketones is 1. The molecule has 5 rings (SSSR count). The van der Waals surface area contributed by atoms with Gasteiger partial charge in [-0.3, -0.25) is 4.79 Å². The Kier molecular flexibility index (Phi) is 4.57. The predicted molar refractivity (Wildman–Crippen MR) is 121 cm³/mol. The van der Waals surface area contributed by atoms with E-state index in [1.807, 2.05) is 0 Å². The van der Waals surface area contributed by atoms with E-state index in [0.29, 0.717) is 29.0 Å². The van der Waals surface area contributed by atoms with E-state index in [2.05, 4.69) is 40.7 Å². The second-order valence-electron chi connectivity index (χ2n) is 13.2. The summed E-state index contributed by atoms with van der Waals surface area (Å²) in [6.07, 6.45) is 15.7. The lowest BCUT2D eigenvalue weighted by atomic mass is 9.36. The number of carbonyl (C=O) groups excluding carboxylic acids is 2. The second kappa shape index (κ2) is 6.55. The number of allylic oxidation sites excluding steroid dienone is 2. The van der Waals surface area contributed by atoms with Gasteiger partial charge >= 0.3 is 0 Å². The molecular weight excluding hydrogens is 368 g/mol. The largest absolute Gasteiger partial charge is 0.303 e. The van der Waals surface area contributed by atoms with E-state index in [-0.39, 0.29) is 28.1 Å². The van der Waals surface area contributed by atoms with E-state index in [1.54, 1.807) is 5.57 Å². The zero-order chi connectivity index (χ0) is 21.5. The number of hydrogen-bond acceptors (Lipinski definition) is 2. The molecule has 0 amide bonds. The summed E-state index contributed by atoms with van der Waals surface area (Å²) in [7, 11) is 0. The molecule has 0 bridgehead atoms. The molecule has 5 aliphatic rings. The Labute approximate surface area is 183 Å². The standard InChI is InChI=1S/C28H42O2/c1-25(2)18(17-29)9-14-28(5)23(25)11-15-27(4)21-10-13-26(3)12-7-6-8-20(26)19(21)16-22(30)24(27)28/h16-18,20-21,23-24H,6-15H2,1-5H3. The zero-order valence-electron chi connectivity index (χ0n) is 19.9. The minimum atomic E-state index is -0.00510. The average molecular weight is 411 g/mol. The predicted octanol–water partition coefficient (Wildman–Crippen LogP) is 6.78. The molecule has 0 aliphatic heterocycles. The van der Waals surface area contributed by atoms with Crippen LogP contribution in [0.25, 0.3) is 0 Å². The first-order valence-corrected chi connectivity index (χ1v) is 12.8. The molecule has 0 radical (unpaired) electrons. The van der Waals surface area contributed by atoms with Gasteiger partial charge in [0.2, 0.25) is 0 Å². The van der Waals surface area contributed by atoms with Crippen LogP contribution in [0.5, 0.6) is 0 Å². The van der Waals surface area contributed by atoms with Gasteiger partial charge < -0.3 is 4.79 Å². The molecule has 30 heavy (non-hydrogen) atoms. The van der Waals surface area contributed by atoms with Crippen molar-refractivity contribution < 1.29 is 9.59 Å². The summed E-state index contributed by atoms with van der Waals surface area (Å²) in [5.41, 5.74) is 2.11. The maximum absolute atomic E-state index is 13.9. The van der Waals surface area contributed by atoms with E-state index in [1.165, 1.54) is 51.2 Å². The molecule has 4 fully saturated rings. The number of hydrogen-bond donors (Lipinski definition) is 0. The van der Waals surface area contributed by atoms with Gasteiger partial charge in [0.05, 0.1) is 0 Å². The lowest BCUT2D eigenvalue weighted by Gasteiger charge is -2.67. The van der Waals surface area contributed by atoms with Crippen molar-refractivity contribution in [2.75, 3.05) is 0 Å². The Morgan fingerprint density at radius 3 is 2.30 bits per heavy atom. The second-order valence-corrected chi connectivity index (χ2v) is 13.2. The SMILES string of the molecule is CC12CCCCC1C1=CC(=O)C3C(C)(CCC4C(C)(C)C(C=O)CCC43C)C1CC2. The maximum Gasteiger partial charge on any atom is 0.159 e. The van der Waals surface area contributed by atoms with Crippen molar-refractivity contribution in [2.45, 2.75) is 98.8 Å². The van der Waals surface area contributed by atoms with Crippen LogP contribution in [0, 0.1) is 51.2 Å². The van der Waals surface area contributed by atoms with Crippen LogP contribution in [0.2, 0.25) is 0 Å². The van der Waals surface area contributed by atoms with Crippen LogP contribution in [0.15, 0.2) is 11.6 Å². The molecule has 0 spiro atoms. The number of carbonyl (C=O) groups is 2. The van der Waals surface area contributed by atoms with Crippen LogP contribution >= 0.6 is 0 Å². The van der Waals surface area contributed by atoms with Crippen molar-refractivity contribution in [1.82, 2.24) is 0 Å². The van der Waals surface area contributed by atoms with Gasteiger partial charge in [-0.05, 0) is 96.9 Å². The van der Waals surface area contributed by atoms with Crippen LogP contribution in [0.1, 0.15) is 98.8 Å². The van der Waals surface area contributed by atoms with Crippen molar-refractivity contribution in [3.8, 4) is 0 Å². The third-order valence-electron chi connectivity index (χ3n) is 11.6. The molecule has 0 aromatic rings. The van der Waals surface area contributed by atoms with E-state index in [0.717, 1.165) is 19.3 Å². The molecule has 0 aromatic heterocycles. The van der Waals surface area contributed by atoms with Crippen LogP contribution in [-0.4, -0.2) is 12.1 Å². The van der Waals surface area contributed by atoms with Crippen LogP contribution in [0.4, 0.5) is 0 Å². The van der Waals surface area contributed by atoms with Crippen molar-refractivity contribution >= 4 is 12.1 Å². The van der Waals surface area contributed by atoms with E-state index in [9.17, 15) is 9.59 Å². The molecule has 0 N–H and O–H groups in total. The lowest BCUT2D eigenvalue weighted by molar-refractivity contribution is -0.177. The summed E-state index contributed by atoms with van der Waals surface area (Å²) in [6.45, 7) is 12.0. The topological polar surface area (TPSA) is 34.1 Å². The van der Waals surface area contributed by atoms with Gasteiger partial charge in [0.25, 0.3) is 0 Å². The highest BCUT2D eigenvalue weighted by Crippen LogP contribution is 2.71. The van der Waals surface area contributed by atoms with Crippen LogP contribution in [-0.2, 0) is 9.59 Å². The summed E-state index contributed by atoms with van der Waals surface area (Å²) in [6, 6.07) is 0.